The maximum atomic E-state index is 12.3. The van der Waals surface area contributed by atoms with Crippen LogP contribution in [0.15, 0.2) is 53.4 Å². The smallest absolute Gasteiger partial charge is 0.411 e. The Hall–Kier alpha value is -2.54. The number of benzene rings is 2. The molecule has 116 valence electrons. The van der Waals surface area contributed by atoms with Crippen LogP contribution in [0.2, 0.25) is 0 Å². The predicted molar refractivity (Wildman–Crippen MR) is 84.5 cm³/mol. The van der Waals surface area contributed by atoms with Crippen LogP contribution in [0, 0.1) is 6.92 Å². The Bertz CT molecular complexity index is 770. The molecule has 7 heteroatoms. The fraction of sp³-hybridized carbons (Fsp3) is 0.133. The molecule has 0 radical (unpaired) electrons. The van der Waals surface area contributed by atoms with Crippen LogP contribution in [-0.4, -0.2) is 21.6 Å². The third-order valence-corrected chi connectivity index (χ3v) is 4.37. The number of rotatable bonds is 4. The van der Waals surface area contributed by atoms with Crippen molar-refractivity contribution in [2.45, 2.75) is 11.8 Å². The first-order valence-electron chi connectivity index (χ1n) is 6.46. The molecule has 0 spiro atoms. The van der Waals surface area contributed by atoms with E-state index in [2.05, 4.69) is 14.8 Å². The van der Waals surface area contributed by atoms with Crippen LogP contribution in [0.3, 0.4) is 0 Å². The van der Waals surface area contributed by atoms with E-state index in [1.807, 2.05) is 19.1 Å². The van der Waals surface area contributed by atoms with Crippen LogP contribution in [0.5, 0.6) is 0 Å². The average molecular weight is 320 g/mol. The van der Waals surface area contributed by atoms with Crippen LogP contribution in [-0.2, 0) is 14.8 Å². The van der Waals surface area contributed by atoms with Gasteiger partial charge >= 0.3 is 6.09 Å². The summed E-state index contributed by atoms with van der Waals surface area (Å²) in [5.41, 5.74) is 1.80. The van der Waals surface area contributed by atoms with E-state index in [0.717, 1.165) is 5.56 Å². The fourth-order valence-corrected chi connectivity index (χ4v) is 2.91. The summed E-state index contributed by atoms with van der Waals surface area (Å²) in [6.45, 7) is 1.82. The molecular formula is C15H16N2O4S. The maximum Gasteiger partial charge on any atom is 0.411 e. The number of anilines is 2. The number of nitrogens with one attached hydrogen (secondary N) is 2. The zero-order valence-corrected chi connectivity index (χ0v) is 13.0. The molecule has 2 aromatic rings. The quantitative estimate of drug-likeness (QED) is 0.907. The lowest BCUT2D eigenvalue weighted by Crippen LogP contribution is -2.14. The van der Waals surface area contributed by atoms with Gasteiger partial charge in [-0.15, -0.1) is 0 Å². The first-order valence-corrected chi connectivity index (χ1v) is 7.94. The summed E-state index contributed by atoms with van der Waals surface area (Å²) < 4.78 is 31.6. The van der Waals surface area contributed by atoms with Gasteiger partial charge in [0.2, 0.25) is 0 Å². The number of sulfonamides is 1. The van der Waals surface area contributed by atoms with Crippen molar-refractivity contribution in [2.75, 3.05) is 17.1 Å². The highest BCUT2D eigenvalue weighted by atomic mass is 32.2. The minimum Gasteiger partial charge on any atom is -0.453 e. The van der Waals surface area contributed by atoms with E-state index in [9.17, 15) is 13.2 Å². The fourth-order valence-electron chi connectivity index (χ4n) is 1.78. The minimum absolute atomic E-state index is 0.103. The van der Waals surface area contributed by atoms with Gasteiger partial charge < -0.3 is 4.74 Å². The second-order valence-corrected chi connectivity index (χ2v) is 6.24. The normalized spacial score (nSPS) is 10.8. The van der Waals surface area contributed by atoms with Crippen molar-refractivity contribution < 1.29 is 17.9 Å². The minimum atomic E-state index is -3.68. The van der Waals surface area contributed by atoms with Crippen LogP contribution in [0.25, 0.3) is 0 Å². The molecular weight excluding hydrogens is 304 g/mol. The highest BCUT2D eigenvalue weighted by molar-refractivity contribution is 7.92. The number of hydrogen-bond donors (Lipinski definition) is 2. The predicted octanol–water partition coefficient (Wildman–Crippen LogP) is 2.97. The molecule has 0 aliphatic carbocycles. The van der Waals surface area contributed by atoms with Crippen molar-refractivity contribution in [3.05, 3.63) is 54.1 Å². The molecule has 2 rings (SSSR count). The number of carbonyl (C=O) groups is 1. The Morgan fingerprint density at radius 3 is 2.27 bits per heavy atom. The number of aryl methyl sites for hydroxylation is 1. The molecule has 0 saturated heterocycles. The number of hydrogen-bond acceptors (Lipinski definition) is 4. The zero-order valence-electron chi connectivity index (χ0n) is 12.2. The number of carbonyl (C=O) groups excluding carboxylic acids is 1. The number of methoxy groups -OCH3 is 1. The molecule has 6 nitrogen and oxygen atoms in total. The molecule has 0 aromatic heterocycles. The number of amides is 1. The maximum absolute atomic E-state index is 12.3. The average Bonchev–Trinajstić information content (AvgIpc) is 2.50. The van der Waals surface area contributed by atoms with Crippen molar-refractivity contribution in [3.63, 3.8) is 0 Å². The molecule has 0 atom stereocenters. The first-order chi connectivity index (χ1) is 10.4. The summed E-state index contributed by atoms with van der Waals surface area (Å²) in [5, 5.41) is 2.45. The molecule has 0 bridgehead atoms. The van der Waals surface area contributed by atoms with Gasteiger partial charge in [-0.25, -0.2) is 13.2 Å². The van der Waals surface area contributed by atoms with Crippen LogP contribution < -0.4 is 10.0 Å². The zero-order chi connectivity index (χ0) is 16.2. The van der Waals surface area contributed by atoms with Crippen LogP contribution >= 0.6 is 0 Å². The monoisotopic (exact) mass is 320 g/mol. The standard InChI is InChI=1S/C15H16N2O4S/c1-11-5-3-4-6-14(11)17-22(19,20)13-9-7-12(8-10-13)16-15(18)21-2/h3-10,17H,1-2H3,(H,16,18). The van der Waals surface area contributed by atoms with Gasteiger partial charge in [-0.1, -0.05) is 18.2 Å². The Labute approximate surface area is 129 Å². The number of ether oxygens (including phenoxy) is 1. The van der Waals surface area contributed by atoms with Gasteiger partial charge in [0.05, 0.1) is 17.7 Å². The lowest BCUT2D eigenvalue weighted by atomic mass is 10.2. The van der Waals surface area contributed by atoms with E-state index in [-0.39, 0.29) is 4.90 Å². The van der Waals surface area contributed by atoms with E-state index in [1.54, 1.807) is 12.1 Å². The Kier molecular flexibility index (Phi) is 4.67. The van der Waals surface area contributed by atoms with Crippen molar-refractivity contribution >= 4 is 27.5 Å². The second kappa shape index (κ2) is 6.48. The van der Waals surface area contributed by atoms with E-state index >= 15 is 0 Å². The SMILES string of the molecule is COC(=O)Nc1ccc(S(=O)(=O)Nc2ccccc2C)cc1. The molecule has 2 aromatic carbocycles. The molecule has 1 amide bonds. The summed E-state index contributed by atoms with van der Waals surface area (Å²) in [6.07, 6.45) is -0.617. The molecule has 22 heavy (non-hydrogen) atoms. The van der Waals surface area contributed by atoms with E-state index in [0.29, 0.717) is 11.4 Å². The third kappa shape index (κ3) is 3.76. The van der Waals surface area contributed by atoms with Crippen LogP contribution in [0.4, 0.5) is 16.2 Å². The lowest BCUT2D eigenvalue weighted by molar-refractivity contribution is 0.187. The summed E-state index contributed by atoms with van der Waals surface area (Å²) in [6, 6.07) is 12.9. The summed E-state index contributed by atoms with van der Waals surface area (Å²) in [7, 11) is -2.43. The lowest BCUT2D eigenvalue weighted by Gasteiger charge is -2.11. The molecule has 0 fully saturated rings. The molecule has 2 N–H and O–H groups in total. The first kappa shape index (κ1) is 15.8. The Morgan fingerprint density at radius 1 is 1.05 bits per heavy atom. The molecule has 0 heterocycles. The largest absolute Gasteiger partial charge is 0.453 e. The molecule has 0 unspecified atom stereocenters. The summed E-state index contributed by atoms with van der Waals surface area (Å²) >= 11 is 0. The Balaban J connectivity index is 2.19. The van der Waals surface area contributed by atoms with E-state index in [1.165, 1.54) is 31.4 Å². The van der Waals surface area contributed by atoms with Gasteiger partial charge in [0.15, 0.2) is 0 Å². The highest BCUT2D eigenvalue weighted by Crippen LogP contribution is 2.20. The second-order valence-electron chi connectivity index (χ2n) is 4.56. The number of para-hydroxylation sites is 1. The summed E-state index contributed by atoms with van der Waals surface area (Å²) in [5.74, 6) is 0. The van der Waals surface area contributed by atoms with Crippen molar-refractivity contribution in [1.29, 1.82) is 0 Å². The molecule has 0 aliphatic rings. The van der Waals surface area contributed by atoms with E-state index in [4.69, 9.17) is 0 Å². The Morgan fingerprint density at radius 2 is 1.68 bits per heavy atom. The molecule has 0 saturated carbocycles. The van der Waals surface area contributed by atoms with Crippen molar-refractivity contribution in [1.82, 2.24) is 0 Å². The van der Waals surface area contributed by atoms with Crippen molar-refractivity contribution in [3.8, 4) is 0 Å². The van der Waals surface area contributed by atoms with Gasteiger partial charge in [0.1, 0.15) is 0 Å². The van der Waals surface area contributed by atoms with Gasteiger partial charge in [0, 0.05) is 5.69 Å². The van der Waals surface area contributed by atoms with E-state index < -0.39 is 16.1 Å². The van der Waals surface area contributed by atoms with Crippen molar-refractivity contribution in [2.24, 2.45) is 0 Å². The van der Waals surface area contributed by atoms with Gasteiger partial charge in [-0.2, -0.15) is 0 Å². The third-order valence-electron chi connectivity index (χ3n) is 2.99. The topological polar surface area (TPSA) is 84.5 Å². The van der Waals surface area contributed by atoms with Gasteiger partial charge in [0.25, 0.3) is 10.0 Å². The van der Waals surface area contributed by atoms with Gasteiger partial charge in [-0.3, -0.25) is 10.0 Å². The molecule has 0 aliphatic heterocycles. The summed E-state index contributed by atoms with van der Waals surface area (Å²) in [4.78, 5) is 11.2. The highest BCUT2D eigenvalue weighted by Gasteiger charge is 2.15. The van der Waals surface area contributed by atoms with Crippen LogP contribution in [0.1, 0.15) is 5.56 Å². The van der Waals surface area contributed by atoms with Gasteiger partial charge in [-0.05, 0) is 42.8 Å².